The van der Waals surface area contributed by atoms with Crippen LogP contribution in [0.2, 0.25) is 0 Å². The number of hydrogen-bond acceptors (Lipinski definition) is 2. The predicted molar refractivity (Wildman–Crippen MR) is 50.6 cm³/mol. The Morgan fingerprint density at radius 3 is 2.50 bits per heavy atom. The fraction of sp³-hybridized carbons (Fsp3) is 0.200. The van der Waals surface area contributed by atoms with Gasteiger partial charge in [-0.25, -0.2) is 4.79 Å². The summed E-state index contributed by atoms with van der Waals surface area (Å²) in [7, 11) is 1.38. The van der Waals surface area contributed by atoms with E-state index >= 15 is 0 Å². The summed E-state index contributed by atoms with van der Waals surface area (Å²) in [6.07, 6.45) is -1.11. The van der Waals surface area contributed by atoms with Crippen molar-refractivity contribution in [2.45, 2.75) is 6.04 Å². The van der Waals surface area contributed by atoms with Gasteiger partial charge in [-0.3, -0.25) is 4.90 Å². The van der Waals surface area contributed by atoms with Crippen LogP contribution < -0.4 is 0 Å². The van der Waals surface area contributed by atoms with Crippen LogP contribution in [0.15, 0.2) is 30.3 Å². The topological polar surface area (TPSA) is 64.3 Å². The Kier molecular flexibility index (Phi) is 3.08. The van der Waals surface area contributed by atoms with Crippen molar-refractivity contribution in [2.24, 2.45) is 0 Å². The van der Waals surface area contributed by atoms with Crippen LogP contribution >= 0.6 is 0 Å². The molecule has 0 fully saturated rings. The number of hydrogen-bond donors (Lipinski definition) is 1. The average Bonchev–Trinajstić information content (AvgIpc) is 2.20. The smallest absolute Gasteiger partial charge is 0.408 e. The predicted octanol–water partition coefficient (Wildman–Crippen LogP) is 1.86. The maximum Gasteiger partial charge on any atom is 0.408 e. The highest BCUT2D eigenvalue weighted by Gasteiger charge is 2.19. The first-order valence-electron chi connectivity index (χ1n) is 4.07. The molecule has 0 aliphatic carbocycles. The maximum atomic E-state index is 10.6. The Bertz CT molecular complexity index is 356. The fourth-order valence-corrected chi connectivity index (χ4v) is 1.13. The zero-order chi connectivity index (χ0) is 10.6. The van der Waals surface area contributed by atoms with Crippen molar-refractivity contribution in [3.05, 3.63) is 35.9 Å². The zero-order valence-electron chi connectivity index (χ0n) is 7.71. The molecular formula is C10H10N2O2. The first-order valence-corrected chi connectivity index (χ1v) is 4.07. The Morgan fingerprint density at radius 2 is 2.07 bits per heavy atom. The van der Waals surface area contributed by atoms with Gasteiger partial charge in [0.2, 0.25) is 0 Å². The fourth-order valence-electron chi connectivity index (χ4n) is 1.13. The largest absolute Gasteiger partial charge is 0.465 e. The highest BCUT2D eigenvalue weighted by atomic mass is 16.4. The Morgan fingerprint density at radius 1 is 1.50 bits per heavy atom. The molecule has 0 aliphatic heterocycles. The highest BCUT2D eigenvalue weighted by Crippen LogP contribution is 2.17. The van der Waals surface area contributed by atoms with E-state index in [1.165, 1.54) is 7.05 Å². The van der Waals surface area contributed by atoms with Crippen LogP contribution in [0.1, 0.15) is 11.6 Å². The standard InChI is InChI=1S/C10H10N2O2/c1-12(10(13)14)9(7-11)8-5-3-2-4-6-8/h2-6,9H,1H3,(H,13,14). The second kappa shape index (κ2) is 4.28. The Hall–Kier alpha value is -2.02. The van der Waals surface area contributed by atoms with Crippen molar-refractivity contribution in [3.63, 3.8) is 0 Å². The summed E-state index contributed by atoms with van der Waals surface area (Å²) >= 11 is 0. The van der Waals surface area contributed by atoms with Crippen LogP contribution in [-0.2, 0) is 0 Å². The molecule has 0 bridgehead atoms. The molecule has 1 rings (SSSR count). The SMILES string of the molecule is CN(C(=O)O)C(C#N)c1ccccc1. The van der Waals surface area contributed by atoms with Crippen LogP contribution in [0.3, 0.4) is 0 Å². The van der Waals surface area contributed by atoms with Crippen molar-refractivity contribution < 1.29 is 9.90 Å². The molecule has 0 radical (unpaired) electrons. The van der Waals surface area contributed by atoms with Crippen LogP contribution in [0.25, 0.3) is 0 Å². The molecule has 4 heteroatoms. The molecule has 1 amide bonds. The number of rotatable bonds is 2. The summed E-state index contributed by atoms with van der Waals surface area (Å²) in [5, 5.41) is 17.6. The summed E-state index contributed by atoms with van der Waals surface area (Å²) in [6, 6.07) is 10.0. The lowest BCUT2D eigenvalue weighted by atomic mass is 10.1. The third kappa shape index (κ3) is 2.02. The van der Waals surface area contributed by atoms with E-state index in [1.807, 2.05) is 12.1 Å². The van der Waals surface area contributed by atoms with Gasteiger partial charge >= 0.3 is 6.09 Å². The third-order valence-corrected chi connectivity index (χ3v) is 1.93. The van der Waals surface area contributed by atoms with Crippen molar-refractivity contribution >= 4 is 6.09 Å². The summed E-state index contributed by atoms with van der Waals surface area (Å²) in [5.41, 5.74) is 0.680. The number of benzene rings is 1. The molecule has 1 aromatic rings. The number of nitriles is 1. The van der Waals surface area contributed by atoms with Gasteiger partial charge in [-0.05, 0) is 5.56 Å². The van der Waals surface area contributed by atoms with E-state index in [0.29, 0.717) is 5.56 Å². The number of nitrogens with zero attached hydrogens (tertiary/aromatic N) is 2. The number of carbonyl (C=O) groups is 1. The van der Waals surface area contributed by atoms with Crippen LogP contribution in [0.5, 0.6) is 0 Å². The normalized spacial score (nSPS) is 11.4. The minimum atomic E-state index is -1.11. The minimum absolute atomic E-state index is 0.680. The molecule has 0 aromatic heterocycles. The lowest BCUT2D eigenvalue weighted by molar-refractivity contribution is 0.148. The van der Waals surface area contributed by atoms with Gasteiger partial charge in [-0.1, -0.05) is 30.3 Å². The molecule has 0 saturated heterocycles. The lowest BCUT2D eigenvalue weighted by Crippen LogP contribution is -2.28. The van der Waals surface area contributed by atoms with Gasteiger partial charge < -0.3 is 5.11 Å². The Labute approximate surface area is 82.0 Å². The van der Waals surface area contributed by atoms with Gasteiger partial charge in [0.25, 0.3) is 0 Å². The van der Waals surface area contributed by atoms with Crippen molar-refractivity contribution in [1.82, 2.24) is 4.90 Å². The molecule has 0 spiro atoms. The van der Waals surface area contributed by atoms with Gasteiger partial charge in [0.05, 0.1) is 6.07 Å². The molecule has 1 N–H and O–H groups in total. The third-order valence-electron chi connectivity index (χ3n) is 1.93. The molecule has 72 valence electrons. The monoisotopic (exact) mass is 190 g/mol. The van der Waals surface area contributed by atoms with Crippen LogP contribution in [0.4, 0.5) is 4.79 Å². The second-order valence-electron chi connectivity index (χ2n) is 2.84. The van der Waals surface area contributed by atoms with E-state index < -0.39 is 12.1 Å². The van der Waals surface area contributed by atoms with Crippen LogP contribution in [-0.4, -0.2) is 23.1 Å². The zero-order valence-corrected chi connectivity index (χ0v) is 7.71. The molecule has 0 heterocycles. The molecule has 4 nitrogen and oxygen atoms in total. The first-order chi connectivity index (χ1) is 6.66. The lowest BCUT2D eigenvalue weighted by Gasteiger charge is -2.19. The minimum Gasteiger partial charge on any atom is -0.465 e. The van der Waals surface area contributed by atoms with Crippen molar-refractivity contribution in [1.29, 1.82) is 5.26 Å². The van der Waals surface area contributed by atoms with E-state index in [0.717, 1.165) is 4.90 Å². The molecule has 1 unspecified atom stereocenters. The highest BCUT2D eigenvalue weighted by molar-refractivity contribution is 5.66. The summed E-state index contributed by atoms with van der Waals surface area (Å²) in [5.74, 6) is 0. The van der Waals surface area contributed by atoms with Gasteiger partial charge in [-0.2, -0.15) is 5.26 Å². The molecule has 1 atom stereocenters. The quantitative estimate of drug-likeness (QED) is 0.774. The maximum absolute atomic E-state index is 10.6. The molecule has 14 heavy (non-hydrogen) atoms. The average molecular weight is 190 g/mol. The molecule has 1 aromatic carbocycles. The number of amides is 1. The second-order valence-corrected chi connectivity index (χ2v) is 2.84. The number of carboxylic acid groups (broad SMARTS) is 1. The Balaban J connectivity index is 2.95. The van der Waals surface area contributed by atoms with Crippen molar-refractivity contribution in [2.75, 3.05) is 7.05 Å². The van der Waals surface area contributed by atoms with E-state index in [9.17, 15) is 4.79 Å². The van der Waals surface area contributed by atoms with E-state index in [4.69, 9.17) is 10.4 Å². The molecular weight excluding hydrogens is 180 g/mol. The summed E-state index contributed by atoms with van der Waals surface area (Å²) < 4.78 is 0. The summed E-state index contributed by atoms with van der Waals surface area (Å²) in [6.45, 7) is 0. The van der Waals surface area contributed by atoms with Gasteiger partial charge in [-0.15, -0.1) is 0 Å². The van der Waals surface area contributed by atoms with Gasteiger partial charge in [0, 0.05) is 7.05 Å². The van der Waals surface area contributed by atoms with E-state index in [2.05, 4.69) is 0 Å². The van der Waals surface area contributed by atoms with Gasteiger partial charge in [0.15, 0.2) is 0 Å². The van der Waals surface area contributed by atoms with Gasteiger partial charge in [0.1, 0.15) is 6.04 Å². The van der Waals surface area contributed by atoms with E-state index in [-0.39, 0.29) is 0 Å². The molecule has 0 saturated carbocycles. The first kappa shape index (κ1) is 10.1. The van der Waals surface area contributed by atoms with Crippen LogP contribution in [0, 0.1) is 11.3 Å². The summed E-state index contributed by atoms with van der Waals surface area (Å²) in [4.78, 5) is 11.6. The molecule has 0 aliphatic rings. The van der Waals surface area contributed by atoms with Crippen molar-refractivity contribution in [3.8, 4) is 6.07 Å². The van der Waals surface area contributed by atoms with E-state index in [1.54, 1.807) is 24.3 Å².